The molecule has 10 rings (SSSR count). The molecule has 3 heterocycles. The van der Waals surface area contributed by atoms with Gasteiger partial charge in [-0.15, -0.1) is 22.7 Å². The fourth-order valence-electron chi connectivity index (χ4n) is 7.64. The van der Waals surface area contributed by atoms with Crippen LogP contribution in [0.1, 0.15) is 11.1 Å². The van der Waals surface area contributed by atoms with Crippen LogP contribution in [0.2, 0.25) is 0 Å². The highest BCUT2D eigenvalue weighted by atomic mass is 32.1. The first-order chi connectivity index (χ1) is 23.1. The molecule has 3 heteroatoms. The SMILES string of the molecule is Cc1ccc2c(c1)c1cc(C)ccc1n2-c1cccc2c1sc1c(-c3ccccc3)ccc(-c3cccc4sc5ccccc5c34)c12. The number of hydrogen-bond donors (Lipinski definition) is 0. The van der Waals surface area contributed by atoms with Gasteiger partial charge < -0.3 is 4.57 Å². The predicted molar refractivity (Wildman–Crippen MR) is 207 cm³/mol. The fourth-order valence-corrected chi connectivity index (χ4v) is 10.1. The quantitative estimate of drug-likeness (QED) is 0.182. The molecular formula is C44H29NS2. The smallest absolute Gasteiger partial charge is 0.0640 e. The van der Waals surface area contributed by atoms with E-state index in [0.717, 1.165) is 0 Å². The molecule has 0 aliphatic carbocycles. The maximum Gasteiger partial charge on any atom is 0.0640 e. The van der Waals surface area contributed by atoms with Crippen molar-refractivity contribution in [3.63, 3.8) is 0 Å². The topological polar surface area (TPSA) is 4.93 Å². The molecule has 1 nitrogen and oxygen atoms in total. The third kappa shape index (κ3) is 3.94. The first-order valence-corrected chi connectivity index (χ1v) is 17.7. The van der Waals surface area contributed by atoms with Gasteiger partial charge in [0.25, 0.3) is 0 Å². The summed E-state index contributed by atoms with van der Waals surface area (Å²) >= 11 is 3.82. The average molecular weight is 636 g/mol. The minimum Gasteiger partial charge on any atom is -0.308 e. The number of aryl methyl sites for hydroxylation is 2. The van der Waals surface area contributed by atoms with Crippen LogP contribution in [0.5, 0.6) is 0 Å². The Morgan fingerprint density at radius 3 is 1.85 bits per heavy atom. The summed E-state index contributed by atoms with van der Waals surface area (Å²) in [6.07, 6.45) is 0. The van der Waals surface area contributed by atoms with Gasteiger partial charge in [0.15, 0.2) is 0 Å². The highest BCUT2D eigenvalue weighted by Crippen LogP contribution is 2.49. The van der Waals surface area contributed by atoms with E-state index in [9.17, 15) is 0 Å². The number of benzene rings is 7. The molecule has 0 radical (unpaired) electrons. The van der Waals surface area contributed by atoms with Crippen molar-refractivity contribution in [2.45, 2.75) is 13.8 Å². The van der Waals surface area contributed by atoms with Crippen LogP contribution in [0, 0.1) is 13.8 Å². The van der Waals surface area contributed by atoms with E-state index in [1.807, 2.05) is 22.7 Å². The van der Waals surface area contributed by atoms with E-state index in [1.54, 1.807) is 0 Å². The molecular weight excluding hydrogens is 607 g/mol. The van der Waals surface area contributed by atoms with Gasteiger partial charge in [0.1, 0.15) is 0 Å². The van der Waals surface area contributed by atoms with E-state index >= 15 is 0 Å². The maximum absolute atomic E-state index is 2.50. The monoisotopic (exact) mass is 635 g/mol. The first-order valence-electron chi connectivity index (χ1n) is 16.1. The second kappa shape index (κ2) is 10.1. The zero-order valence-corrected chi connectivity index (χ0v) is 27.7. The number of fused-ring (bicyclic) bond motifs is 9. The number of rotatable bonds is 3. The van der Waals surface area contributed by atoms with Crippen LogP contribution in [0.3, 0.4) is 0 Å². The van der Waals surface area contributed by atoms with Crippen molar-refractivity contribution < 1.29 is 0 Å². The minimum absolute atomic E-state index is 1.24. The van der Waals surface area contributed by atoms with E-state index in [0.29, 0.717) is 0 Å². The van der Waals surface area contributed by atoms with Crippen LogP contribution < -0.4 is 0 Å². The lowest BCUT2D eigenvalue weighted by Gasteiger charge is -2.12. The molecule has 47 heavy (non-hydrogen) atoms. The Morgan fingerprint density at radius 1 is 0.426 bits per heavy atom. The van der Waals surface area contributed by atoms with Gasteiger partial charge in [0.2, 0.25) is 0 Å². The molecule has 10 aromatic rings. The van der Waals surface area contributed by atoms with Gasteiger partial charge in [-0.1, -0.05) is 108 Å². The van der Waals surface area contributed by atoms with E-state index in [-0.39, 0.29) is 0 Å². The van der Waals surface area contributed by atoms with Gasteiger partial charge in [-0.3, -0.25) is 0 Å². The predicted octanol–water partition coefficient (Wildman–Crippen LogP) is 13.5. The van der Waals surface area contributed by atoms with Crippen LogP contribution in [0.25, 0.3) is 90.1 Å². The summed E-state index contributed by atoms with van der Waals surface area (Å²) in [6, 6.07) is 51.9. The molecule has 0 N–H and O–H groups in total. The lowest BCUT2D eigenvalue weighted by molar-refractivity contribution is 1.20. The molecule has 0 saturated carbocycles. The van der Waals surface area contributed by atoms with Crippen LogP contribution in [-0.2, 0) is 0 Å². The molecule has 0 aliphatic heterocycles. The summed E-state index contributed by atoms with van der Waals surface area (Å²) < 4.78 is 7.81. The van der Waals surface area contributed by atoms with E-state index in [1.165, 1.54) is 101 Å². The summed E-state index contributed by atoms with van der Waals surface area (Å²) in [4.78, 5) is 0. The summed E-state index contributed by atoms with van der Waals surface area (Å²) in [7, 11) is 0. The summed E-state index contributed by atoms with van der Waals surface area (Å²) in [5, 5.41) is 7.95. The molecule has 222 valence electrons. The van der Waals surface area contributed by atoms with Crippen LogP contribution in [0.4, 0.5) is 0 Å². The van der Waals surface area contributed by atoms with Crippen molar-refractivity contribution in [2.75, 3.05) is 0 Å². The number of thiophene rings is 2. The second-order valence-electron chi connectivity index (χ2n) is 12.6. The minimum atomic E-state index is 1.24. The van der Waals surface area contributed by atoms with Crippen molar-refractivity contribution >= 4 is 84.8 Å². The van der Waals surface area contributed by atoms with Crippen LogP contribution >= 0.6 is 22.7 Å². The Morgan fingerprint density at radius 2 is 1.06 bits per heavy atom. The molecule has 0 fully saturated rings. The molecule has 0 saturated heterocycles. The van der Waals surface area contributed by atoms with E-state index < -0.39 is 0 Å². The van der Waals surface area contributed by atoms with E-state index in [4.69, 9.17) is 0 Å². The van der Waals surface area contributed by atoms with Gasteiger partial charge in [0, 0.05) is 46.4 Å². The van der Waals surface area contributed by atoms with Gasteiger partial charge in [0.05, 0.1) is 21.4 Å². The van der Waals surface area contributed by atoms with Gasteiger partial charge in [-0.2, -0.15) is 0 Å². The van der Waals surface area contributed by atoms with Crippen LogP contribution in [0.15, 0.2) is 140 Å². The highest BCUT2D eigenvalue weighted by molar-refractivity contribution is 7.27. The zero-order chi connectivity index (χ0) is 31.2. The second-order valence-corrected chi connectivity index (χ2v) is 14.7. The maximum atomic E-state index is 2.50. The molecule has 0 spiro atoms. The largest absolute Gasteiger partial charge is 0.308 e. The lowest BCUT2D eigenvalue weighted by Crippen LogP contribution is -1.94. The Hall–Kier alpha value is -5.22. The van der Waals surface area contributed by atoms with Crippen molar-refractivity contribution in [3.8, 4) is 27.9 Å². The standard InChI is InChI=1S/C44H29NS2/c1-26-18-22-36-34(24-26)35-25-27(2)19-23-37(35)45(36)38-15-8-14-33-42-31(21-20-29(44(42)47-43(33)38)28-10-4-3-5-11-28)30-13-9-17-40-41(30)32-12-6-7-16-39(32)46-40/h3-25H,1-2H3. The van der Waals surface area contributed by atoms with Crippen molar-refractivity contribution in [1.82, 2.24) is 4.57 Å². The third-order valence-corrected chi connectivity index (χ3v) is 12.1. The molecule has 0 aliphatic rings. The average Bonchev–Trinajstić information content (AvgIpc) is 3.78. The van der Waals surface area contributed by atoms with Crippen molar-refractivity contribution in [2.24, 2.45) is 0 Å². The van der Waals surface area contributed by atoms with Gasteiger partial charge in [-0.05, 0) is 78.6 Å². The molecule has 0 amide bonds. The van der Waals surface area contributed by atoms with Gasteiger partial charge in [-0.25, -0.2) is 0 Å². The number of hydrogen-bond acceptors (Lipinski definition) is 2. The summed E-state index contributed by atoms with van der Waals surface area (Å²) in [5.74, 6) is 0. The number of aromatic nitrogens is 1. The third-order valence-electron chi connectivity index (χ3n) is 9.72. The first kappa shape index (κ1) is 26.9. The molecule has 0 bridgehead atoms. The summed E-state index contributed by atoms with van der Waals surface area (Å²) in [6.45, 7) is 4.38. The Balaban J connectivity index is 1.36. The van der Waals surface area contributed by atoms with Crippen LogP contribution in [-0.4, -0.2) is 4.57 Å². The Kier molecular flexibility index (Phi) is 5.81. The zero-order valence-electron chi connectivity index (χ0n) is 26.0. The highest BCUT2D eigenvalue weighted by Gasteiger charge is 2.22. The van der Waals surface area contributed by atoms with Crippen molar-refractivity contribution in [1.29, 1.82) is 0 Å². The van der Waals surface area contributed by atoms with Gasteiger partial charge >= 0.3 is 0 Å². The van der Waals surface area contributed by atoms with E-state index in [2.05, 4.69) is 158 Å². The fraction of sp³-hybridized carbons (Fsp3) is 0.0455. The van der Waals surface area contributed by atoms with Crippen molar-refractivity contribution in [3.05, 3.63) is 151 Å². The molecule has 0 unspecified atom stereocenters. The Labute approximate surface area is 280 Å². The Bertz CT molecular complexity index is 2800. The summed E-state index contributed by atoms with van der Waals surface area (Å²) in [5.41, 5.74) is 11.4. The normalized spacial score (nSPS) is 12.0. The lowest BCUT2D eigenvalue weighted by atomic mass is 9.92. The molecule has 0 atom stereocenters. The molecule has 7 aromatic carbocycles. The number of nitrogens with zero attached hydrogens (tertiary/aromatic N) is 1. The molecule has 3 aromatic heterocycles.